The highest BCUT2D eigenvalue weighted by molar-refractivity contribution is 6.01. The van der Waals surface area contributed by atoms with Crippen molar-refractivity contribution in [2.75, 3.05) is 50.1 Å². The number of aromatic nitrogens is 2. The number of anilines is 2. The molecule has 3 aliphatic rings. The molecule has 0 aliphatic carbocycles. The van der Waals surface area contributed by atoms with E-state index in [-0.39, 0.29) is 12.1 Å². The number of carbonyl (C=O) groups excluding carboxylic acids is 1. The van der Waals surface area contributed by atoms with E-state index in [1.807, 2.05) is 42.5 Å². The number of nitriles is 1. The first-order valence-electron chi connectivity index (χ1n) is 13.7. The van der Waals surface area contributed by atoms with Crippen LogP contribution in [0.1, 0.15) is 30.5 Å². The molecule has 39 heavy (non-hydrogen) atoms. The smallest absolute Gasteiger partial charge is 0.322 e. The molecule has 6 rings (SSSR count). The Morgan fingerprint density at radius 1 is 1.18 bits per heavy atom. The first kappa shape index (κ1) is 25.3. The van der Waals surface area contributed by atoms with Crippen LogP contribution in [0.4, 0.5) is 16.3 Å². The van der Waals surface area contributed by atoms with E-state index < -0.39 is 0 Å². The van der Waals surface area contributed by atoms with Crippen molar-refractivity contribution in [3.8, 4) is 12.1 Å². The molecule has 3 aromatic rings. The predicted molar refractivity (Wildman–Crippen MR) is 150 cm³/mol. The number of rotatable bonds is 6. The second-order valence-electron chi connectivity index (χ2n) is 10.6. The molecule has 2 atom stereocenters. The Morgan fingerprint density at radius 2 is 2.05 bits per heavy atom. The second-order valence-corrected chi connectivity index (χ2v) is 10.6. The molecule has 2 aromatic carbocycles. The summed E-state index contributed by atoms with van der Waals surface area (Å²) in [4.78, 5) is 29.4. The summed E-state index contributed by atoms with van der Waals surface area (Å²) in [7, 11) is 2.12. The molecule has 0 radical (unpaired) electrons. The van der Waals surface area contributed by atoms with Gasteiger partial charge in [-0.2, -0.15) is 15.2 Å². The summed E-state index contributed by atoms with van der Waals surface area (Å²) in [5, 5.41) is 17.9. The highest BCUT2D eigenvalue weighted by Gasteiger charge is 2.33. The van der Waals surface area contributed by atoms with Crippen LogP contribution in [0.3, 0.4) is 0 Å². The molecule has 10 heteroatoms. The predicted octanol–water partition coefficient (Wildman–Crippen LogP) is 3.34. The third-order valence-corrected chi connectivity index (χ3v) is 8.03. The monoisotopic (exact) mass is 526 g/mol. The molecule has 2 amide bonds. The number of ether oxygens (including phenoxy) is 1. The number of nitrogens with one attached hydrogen (secondary N) is 2. The molecule has 202 valence electrons. The molecule has 10 nitrogen and oxygen atoms in total. The number of likely N-dealkylation sites (N-methyl/N-ethyl adjacent to an activating group) is 1. The van der Waals surface area contributed by atoms with Crippen LogP contribution in [0.5, 0.6) is 6.01 Å². The van der Waals surface area contributed by atoms with Gasteiger partial charge in [-0.05, 0) is 37.9 Å². The maximum Gasteiger partial charge on any atom is 0.322 e. The third kappa shape index (κ3) is 5.33. The van der Waals surface area contributed by atoms with Crippen molar-refractivity contribution in [1.29, 1.82) is 5.26 Å². The van der Waals surface area contributed by atoms with Gasteiger partial charge in [0.25, 0.3) is 0 Å². The van der Waals surface area contributed by atoms with Crippen molar-refractivity contribution < 1.29 is 9.53 Å². The molecular formula is C29H34N8O2. The van der Waals surface area contributed by atoms with Crippen LogP contribution in [0.25, 0.3) is 10.8 Å². The van der Waals surface area contributed by atoms with E-state index in [1.54, 1.807) is 4.90 Å². The van der Waals surface area contributed by atoms with Crippen LogP contribution in [0.15, 0.2) is 42.5 Å². The van der Waals surface area contributed by atoms with Crippen molar-refractivity contribution >= 4 is 28.3 Å². The van der Waals surface area contributed by atoms with Gasteiger partial charge < -0.3 is 30.1 Å². The van der Waals surface area contributed by atoms with E-state index in [0.29, 0.717) is 44.7 Å². The van der Waals surface area contributed by atoms with Gasteiger partial charge in [-0.15, -0.1) is 0 Å². The zero-order valence-electron chi connectivity index (χ0n) is 22.3. The summed E-state index contributed by atoms with van der Waals surface area (Å²) in [5.41, 5.74) is 2.55. The summed E-state index contributed by atoms with van der Waals surface area (Å²) in [6.07, 6.45) is 2.70. The van der Waals surface area contributed by atoms with Gasteiger partial charge in [0.15, 0.2) is 0 Å². The quantitative estimate of drug-likeness (QED) is 0.503. The lowest BCUT2D eigenvalue weighted by Gasteiger charge is -2.34. The summed E-state index contributed by atoms with van der Waals surface area (Å²) in [5.74, 6) is 0.805. The Morgan fingerprint density at radius 3 is 2.90 bits per heavy atom. The van der Waals surface area contributed by atoms with E-state index in [1.165, 1.54) is 6.42 Å². The topological polar surface area (TPSA) is 110 Å². The van der Waals surface area contributed by atoms with E-state index >= 15 is 0 Å². The zero-order valence-corrected chi connectivity index (χ0v) is 22.3. The van der Waals surface area contributed by atoms with Gasteiger partial charge in [0.1, 0.15) is 12.4 Å². The van der Waals surface area contributed by atoms with Crippen LogP contribution in [-0.2, 0) is 13.1 Å². The highest BCUT2D eigenvalue weighted by atomic mass is 16.5. The van der Waals surface area contributed by atoms with E-state index in [4.69, 9.17) is 14.7 Å². The standard InChI is InChI=1S/C29H34N8O2/c1-35-14-5-8-22(35)19-39-28-32-26-18-37(29(38)33-25-10-4-7-20-6-2-3-9-23(20)25)17-24(26)27(34-28)36-15-13-31-21(16-36)11-12-30/h2-4,6-7,9-10,21-22,31H,5,8,11,13-19H2,1H3,(H,33,38). The SMILES string of the molecule is CN1CCCC1COc1nc2c(c(N3CCNC(CC#N)C3)n1)CN(C(=O)Nc1cccc3ccccc13)C2. The second kappa shape index (κ2) is 11.0. The lowest BCUT2D eigenvalue weighted by atomic mass is 10.1. The van der Waals surface area contributed by atoms with Gasteiger partial charge in [-0.1, -0.05) is 36.4 Å². The van der Waals surface area contributed by atoms with Crippen molar-refractivity contribution in [3.63, 3.8) is 0 Å². The molecule has 4 heterocycles. The number of hydrogen-bond donors (Lipinski definition) is 2. The maximum atomic E-state index is 13.4. The van der Waals surface area contributed by atoms with Gasteiger partial charge in [-0.3, -0.25) is 0 Å². The van der Waals surface area contributed by atoms with Gasteiger partial charge in [0, 0.05) is 42.7 Å². The minimum atomic E-state index is -0.173. The first-order chi connectivity index (χ1) is 19.1. The zero-order chi connectivity index (χ0) is 26.8. The van der Waals surface area contributed by atoms with Crippen LogP contribution in [0.2, 0.25) is 0 Å². The average Bonchev–Trinajstić information content (AvgIpc) is 3.58. The van der Waals surface area contributed by atoms with E-state index in [2.05, 4.69) is 33.6 Å². The molecule has 0 saturated carbocycles. The Bertz CT molecular complexity index is 1400. The van der Waals surface area contributed by atoms with Crippen molar-refractivity contribution in [1.82, 2.24) is 25.1 Å². The molecule has 0 spiro atoms. The summed E-state index contributed by atoms with van der Waals surface area (Å²) in [6.45, 7) is 4.61. The van der Waals surface area contributed by atoms with E-state index in [9.17, 15) is 10.1 Å². The number of urea groups is 1. The number of fused-ring (bicyclic) bond motifs is 2. The van der Waals surface area contributed by atoms with Gasteiger partial charge >= 0.3 is 12.0 Å². The average molecular weight is 527 g/mol. The van der Waals surface area contributed by atoms with Crippen LogP contribution in [-0.4, -0.2) is 77.7 Å². The molecule has 2 saturated heterocycles. The number of carbonyl (C=O) groups is 1. The fourth-order valence-electron chi connectivity index (χ4n) is 5.84. The Hall–Kier alpha value is -3.94. The molecule has 1 aromatic heterocycles. The van der Waals surface area contributed by atoms with Gasteiger partial charge in [-0.25, -0.2) is 4.79 Å². The van der Waals surface area contributed by atoms with Crippen molar-refractivity contribution in [2.45, 2.75) is 44.4 Å². The number of benzene rings is 2. The molecule has 0 bridgehead atoms. The van der Waals surface area contributed by atoms with Crippen molar-refractivity contribution in [3.05, 3.63) is 53.7 Å². The molecule has 2 fully saturated rings. The number of likely N-dealkylation sites (tertiary alicyclic amines) is 1. The largest absolute Gasteiger partial charge is 0.462 e. The molecule has 2 unspecified atom stereocenters. The fraction of sp³-hybridized carbons (Fsp3) is 0.448. The first-order valence-corrected chi connectivity index (χ1v) is 13.7. The lowest BCUT2D eigenvalue weighted by Crippen LogP contribution is -2.51. The maximum absolute atomic E-state index is 13.4. The van der Waals surface area contributed by atoms with Gasteiger partial charge in [0.05, 0.1) is 37.0 Å². The molecule has 3 aliphatic heterocycles. The number of piperazine rings is 1. The van der Waals surface area contributed by atoms with E-state index in [0.717, 1.165) is 59.6 Å². The summed E-state index contributed by atoms with van der Waals surface area (Å²) in [6, 6.07) is 16.8. The minimum Gasteiger partial charge on any atom is -0.462 e. The van der Waals surface area contributed by atoms with Crippen LogP contribution in [0, 0.1) is 11.3 Å². The highest BCUT2D eigenvalue weighted by Crippen LogP contribution is 2.33. The Labute approximate surface area is 228 Å². The fourth-order valence-corrected chi connectivity index (χ4v) is 5.84. The summed E-state index contributed by atoms with van der Waals surface area (Å²) < 4.78 is 6.15. The minimum absolute atomic E-state index is 0.0676. The number of amides is 2. The Balaban J connectivity index is 1.24. The van der Waals surface area contributed by atoms with Crippen LogP contribution < -0.4 is 20.3 Å². The van der Waals surface area contributed by atoms with Gasteiger partial charge in [0.2, 0.25) is 0 Å². The molecule has 2 N–H and O–H groups in total. The van der Waals surface area contributed by atoms with Crippen LogP contribution >= 0.6 is 0 Å². The molecular weight excluding hydrogens is 492 g/mol. The number of hydrogen-bond acceptors (Lipinski definition) is 8. The van der Waals surface area contributed by atoms with Crippen molar-refractivity contribution in [2.24, 2.45) is 0 Å². The number of nitrogens with zero attached hydrogens (tertiary/aromatic N) is 6. The third-order valence-electron chi connectivity index (χ3n) is 8.03. The summed E-state index contributed by atoms with van der Waals surface area (Å²) >= 11 is 0. The Kier molecular flexibility index (Phi) is 7.18. The lowest BCUT2D eigenvalue weighted by molar-refractivity contribution is 0.187. The normalized spacial score (nSPS) is 21.1.